The molecule has 2 bridgehead atoms. The van der Waals surface area contributed by atoms with E-state index in [0.717, 1.165) is 52.3 Å². The summed E-state index contributed by atoms with van der Waals surface area (Å²) in [6, 6.07) is 37.6. The average Bonchev–Trinajstić information content (AvgIpc) is 3.05. The number of benzene rings is 4. The molecule has 4 aromatic carbocycles. The van der Waals surface area contributed by atoms with Crippen LogP contribution in [-0.2, 0) is 13.0 Å². The quantitative estimate of drug-likeness (QED) is 0.142. The fourth-order valence-electron chi connectivity index (χ4n) is 7.93. The van der Waals surface area contributed by atoms with Crippen molar-refractivity contribution in [3.8, 4) is 28.0 Å². The molecular weight excluding hydrogens is 512 g/mol. The molecule has 4 unspecified atom stereocenters. The van der Waals surface area contributed by atoms with Crippen molar-refractivity contribution in [1.29, 1.82) is 0 Å². The summed E-state index contributed by atoms with van der Waals surface area (Å²) in [6.07, 6.45) is 7.84. The van der Waals surface area contributed by atoms with Gasteiger partial charge in [0.15, 0.2) is 0 Å². The van der Waals surface area contributed by atoms with Crippen LogP contribution in [0.3, 0.4) is 0 Å². The van der Waals surface area contributed by atoms with Crippen LogP contribution in [-0.4, -0.2) is 35.7 Å². The number of fused-ring (bicyclic) bond motifs is 4. The number of aromatic nitrogens is 1. The first-order valence-corrected chi connectivity index (χ1v) is 15.3. The van der Waals surface area contributed by atoms with E-state index in [1.807, 2.05) is 6.20 Å². The summed E-state index contributed by atoms with van der Waals surface area (Å²) < 4.78 is 7.25. The lowest BCUT2D eigenvalue weighted by Crippen LogP contribution is -2.66. The van der Waals surface area contributed by atoms with Crippen molar-refractivity contribution < 1.29 is 9.22 Å². The minimum atomic E-state index is 0.563. The smallest absolute Gasteiger partial charge is 0.134 e. The van der Waals surface area contributed by atoms with Crippen molar-refractivity contribution in [2.75, 3.05) is 20.2 Å². The van der Waals surface area contributed by atoms with Gasteiger partial charge in [-0.2, -0.15) is 0 Å². The van der Waals surface area contributed by atoms with Gasteiger partial charge in [-0.05, 0) is 46.9 Å². The van der Waals surface area contributed by atoms with E-state index < -0.39 is 0 Å². The molecule has 0 amide bonds. The van der Waals surface area contributed by atoms with Gasteiger partial charge in [0.05, 0.1) is 31.8 Å². The third-order valence-electron chi connectivity index (χ3n) is 9.99. The third-order valence-corrected chi connectivity index (χ3v) is 9.99. The first-order chi connectivity index (χ1) is 20.7. The third kappa shape index (κ3) is 4.82. The normalized spacial score (nSPS) is 23.1. The second kappa shape index (κ2) is 11.2. The lowest BCUT2D eigenvalue weighted by Gasteiger charge is -2.57. The predicted octanol–water partition coefficient (Wildman–Crippen LogP) is 8.73. The highest BCUT2D eigenvalue weighted by atomic mass is 16.5. The average molecular weight is 552 g/mol. The summed E-state index contributed by atoms with van der Waals surface area (Å²) in [4.78, 5) is 4.66. The molecule has 0 radical (unpaired) electrons. The van der Waals surface area contributed by atoms with E-state index >= 15 is 0 Å². The number of pyridine rings is 1. The Balaban J connectivity index is 1.33. The highest BCUT2D eigenvalue weighted by molar-refractivity contribution is 5.83. The Morgan fingerprint density at radius 1 is 0.881 bits per heavy atom. The van der Waals surface area contributed by atoms with E-state index in [9.17, 15) is 0 Å². The number of ether oxygens (including phenoxy) is 1. The van der Waals surface area contributed by atoms with Crippen molar-refractivity contribution in [3.05, 3.63) is 133 Å². The molecule has 3 nitrogen and oxygen atoms in total. The zero-order valence-electron chi connectivity index (χ0n) is 24.5. The van der Waals surface area contributed by atoms with E-state index in [-0.39, 0.29) is 0 Å². The summed E-state index contributed by atoms with van der Waals surface area (Å²) >= 11 is 0. The standard InChI is InChI=1S/C39H39N2O/c1-3-29-27-41(21-19-32(29)24-34(41)25-33-18-20-40-38-17-11-10-16-35(33)38)26-28-22-36(30-12-6-4-7-13-30)39(42-2)37(23-28)31-14-8-5-9-15-31/h3-18,20,22-23,29,32,34H,1,19,21,24-27H2,2H3/q+1. The van der Waals surface area contributed by atoms with Gasteiger partial charge < -0.3 is 9.22 Å². The molecular formula is C39H39N2O+. The zero-order valence-corrected chi connectivity index (χ0v) is 24.5. The molecule has 4 atom stereocenters. The first kappa shape index (κ1) is 26.7. The molecule has 0 spiro atoms. The fraction of sp³-hybridized carbons (Fsp3) is 0.256. The van der Waals surface area contributed by atoms with Gasteiger partial charge in [-0.1, -0.05) is 84.9 Å². The number of para-hydroxylation sites is 1. The molecule has 3 aliphatic heterocycles. The number of quaternary nitrogens is 1. The topological polar surface area (TPSA) is 22.1 Å². The SMILES string of the molecule is C=CC1C[N+]2(Cc3cc(-c4ccccc4)c(OC)c(-c4ccccc4)c3)CCC1CC2Cc1ccnc2ccccc12. The molecule has 0 saturated carbocycles. The van der Waals surface area contributed by atoms with Crippen LogP contribution in [0.1, 0.15) is 24.0 Å². The van der Waals surface area contributed by atoms with Crippen LogP contribution in [0.25, 0.3) is 33.2 Å². The Morgan fingerprint density at radius 2 is 1.55 bits per heavy atom. The molecule has 0 aliphatic carbocycles. The van der Waals surface area contributed by atoms with Crippen molar-refractivity contribution in [1.82, 2.24) is 4.98 Å². The van der Waals surface area contributed by atoms with Crippen molar-refractivity contribution in [2.45, 2.75) is 31.8 Å². The van der Waals surface area contributed by atoms with E-state index in [0.29, 0.717) is 12.0 Å². The van der Waals surface area contributed by atoms with Crippen LogP contribution in [0.4, 0.5) is 0 Å². The van der Waals surface area contributed by atoms with Crippen molar-refractivity contribution >= 4 is 10.9 Å². The minimum Gasteiger partial charge on any atom is -0.495 e. The Bertz CT molecular complexity index is 1650. The number of hydrogen-bond acceptors (Lipinski definition) is 2. The summed E-state index contributed by atoms with van der Waals surface area (Å²) in [6.45, 7) is 7.68. The first-order valence-electron chi connectivity index (χ1n) is 15.3. The fourth-order valence-corrected chi connectivity index (χ4v) is 7.93. The second-order valence-corrected chi connectivity index (χ2v) is 12.3. The zero-order chi connectivity index (χ0) is 28.5. The molecule has 1 aromatic heterocycles. The van der Waals surface area contributed by atoms with Gasteiger partial charge in [-0.3, -0.25) is 4.98 Å². The van der Waals surface area contributed by atoms with Crippen molar-refractivity contribution in [3.63, 3.8) is 0 Å². The Labute approximate surface area is 249 Å². The number of methoxy groups -OCH3 is 1. The molecule has 8 rings (SSSR count). The van der Waals surface area contributed by atoms with Crippen LogP contribution in [0.15, 0.2) is 122 Å². The van der Waals surface area contributed by atoms with Crippen LogP contribution < -0.4 is 4.74 Å². The molecule has 3 aliphatic rings. The molecule has 3 heteroatoms. The number of rotatable bonds is 8. The lowest BCUT2D eigenvalue weighted by molar-refractivity contribution is -0.981. The molecule has 3 fully saturated rings. The predicted molar refractivity (Wildman–Crippen MR) is 173 cm³/mol. The summed E-state index contributed by atoms with van der Waals surface area (Å²) in [7, 11) is 1.80. The van der Waals surface area contributed by atoms with Gasteiger partial charge in [-0.15, -0.1) is 6.58 Å². The van der Waals surface area contributed by atoms with Gasteiger partial charge in [0.1, 0.15) is 12.3 Å². The Hall–Kier alpha value is -4.21. The molecule has 3 saturated heterocycles. The van der Waals surface area contributed by atoms with E-state index in [4.69, 9.17) is 4.74 Å². The molecule has 0 N–H and O–H groups in total. The van der Waals surface area contributed by atoms with Crippen LogP contribution in [0, 0.1) is 11.8 Å². The van der Waals surface area contributed by atoms with Crippen LogP contribution in [0.5, 0.6) is 5.75 Å². The molecule has 4 heterocycles. The highest BCUT2D eigenvalue weighted by Gasteiger charge is 2.51. The monoisotopic (exact) mass is 551 g/mol. The maximum absolute atomic E-state index is 6.14. The molecule has 5 aromatic rings. The summed E-state index contributed by atoms with van der Waals surface area (Å²) in [5, 5.41) is 1.29. The van der Waals surface area contributed by atoms with Crippen LogP contribution in [0.2, 0.25) is 0 Å². The van der Waals surface area contributed by atoms with Crippen molar-refractivity contribution in [2.24, 2.45) is 11.8 Å². The van der Waals surface area contributed by atoms with Gasteiger partial charge in [0, 0.05) is 53.5 Å². The number of nitrogens with zero attached hydrogens (tertiary/aromatic N) is 2. The van der Waals surface area contributed by atoms with Crippen LogP contribution >= 0.6 is 0 Å². The summed E-state index contributed by atoms with van der Waals surface area (Å²) in [5.74, 6) is 2.25. The Kier molecular flexibility index (Phi) is 7.13. The number of hydrogen-bond donors (Lipinski definition) is 0. The number of piperidine rings is 3. The van der Waals surface area contributed by atoms with E-state index in [1.165, 1.54) is 47.0 Å². The molecule has 42 heavy (non-hydrogen) atoms. The lowest BCUT2D eigenvalue weighted by atomic mass is 9.71. The Morgan fingerprint density at radius 3 is 2.21 bits per heavy atom. The van der Waals surface area contributed by atoms with E-state index in [2.05, 4.69) is 121 Å². The highest BCUT2D eigenvalue weighted by Crippen LogP contribution is 2.47. The summed E-state index contributed by atoms with van der Waals surface area (Å²) in [5.41, 5.74) is 8.60. The van der Waals surface area contributed by atoms with Gasteiger partial charge >= 0.3 is 0 Å². The maximum atomic E-state index is 6.14. The van der Waals surface area contributed by atoms with Gasteiger partial charge in [0.2, 0.25) is 0 Å². The van der Waals surface area contributed by atoms with E-state index in [1.54, 1.807) is 7.11 Å². The largest absolute Gasteiger partial charge is 0.495 e. The minimum absolute atomic E-state index is 0.563. The van der Waals surface area contributed by atoms with Gasteiger partial charge in [-0.25, -0.2) is 0 Å². The van der Waals surface area contributed by atoms with Gasteiger partial charge in [0.25, 0.3) is 0 Å². The molecule has 210 valence electrons. The second-order valence-electron chi connectivity index (χ2n) is 12.3. The maximum Gasteiger partial charge on any atom is 0.134 e.